The van der Waals surface area contributed by atoms with Gasteiger partial charge in [-0.2, -0.15) is 0 Å². The van der Waals surface area contributed by atoms with Gasteiger partial charge in [0.1, 0.15) is 5.82 Å². The SMILES string of the molecule is Clc1ccc(Cl)c(Nc2nc(-c3cccc(Br)c3)nc3ccccc23)c1. The number of nitrogens with one attached hydrogen (secondary N) is 1. The van der Waals surface area contributed by atoms with E-state index < -0.39 is 0 Å². The van der Waals surface area contributed by atoms with Gasteiger partial charge in [0.2, 0.25) is 0 Å². The van der Waals surface area contributed by atoms with E-state index in [4.69, 9.17) is 33.2 Å². The van der Waals surface area contributed by atoms with Gasteiger partial charge in [-0.1, -0.05) is 63.4 Å². The maximum atomic E-state index is 6.30. The van der Waals surface area contributed by atoms with Crippen LogP contribution in [0.5, 0.6) is 0 Å². The van der Waals surface area contributed by atoms with E-state index in [2.05, 4.69) is 21.2 Å². The lowest BCUT2D eigenvalue weighted by molar-refractivity contribution is 1.22. The fourth-order valence-electron chi connectivity index (χ4n) is 2.65. The Labute approximate surface area is 169 Å². The summed E-state index contributed by atoms with van der Waals surface area (Å²) < 4.78 is 0.971. The molecule has 0 amide bonds. The molecule has 26 heavy (non-hydrogen) atoms. The number of rotatable bonds is 3. The van der Waals surface area contributed by atoms with E-state index in [1.807, 2.05) is 48.5 Å². The normalized spacial score (nSPS) is 10.9. The van der Waals surface area contributed by atoms with Gasteiger partial charge in [0.05, 0.1) is 16.2 Å². The monoisotopic (exact) mass is 443 g/mol. The summed E-state index contributed by atoms with van der Waals surface area (Å²) in [7, 11) is 0. The molecule has 0 aliphatic carbocycles. The quantitative estimate of drug-likeness (QED) is 0.365. The molecular formula is C20H12BrCl2N3. The fraction of sp³-hybridized carbons (Fsp3) is 0. The molecule has 1 heterocycles. The molecule has 1 aromatic heterocycles. The Balaban J connectivity index is 1.88. The molecule has 0 bridgehead atoms. The number of fused-ring (bicyclic) bond motifs is 1. The van der Waals surface area contributed by atoms with Crippen molar-refractivity contribution >= 4 is 61.5 Å². The van der Waals surface area contributed by atoms with Gasteiger partial charge in [-0.25, -0.2) is 9.97 Å². The van der Waals surface area contributed by atoms with Crippen LogP contribution in [0.15, 0.2) is 71.2 Å². The molecule has 1 N–H and O–H groups in total. The zero-order chi connectivity index (χ0) is 18.1. The third kappa shape index (κ3) is 3.54. The van der Waals surface area contributed by atoms with Crippen molar-refractivity contribution in [1.82, 2.24) is 9.97 Å². The Morgan fingerprint density at radius 2 is 1.69 bits per heavy atom. The van der Waals surface area contributed by atoms with Crippen LogP contribution >= 0.6 is 39.1 Å². The lowest BCUT2D eigenvalue weighted by Gasteiger charge is -2.12. The van der Waals surface area contributed by atoms with E-state index >= 15 is 0 Å². The van der Waals surface area contributed by atoms with Gasteiger partial charge >= 0.3 is 0 Å². The minimum absolute atomic E-state index is 0.570. The Bertz CT molecular complexity index is 1120. The molecule has 0 unspecified atom stereocenters. The summed E-state index contributed by atoms with van der Waals surface area (Å²) in [5, 5.41) is 5.38. The molecule has 0 fully saturated rings. The molecule has 0 spiro atoms. The first-order valence-electron chi connectivity index (χ1n) is 7.85. The Morgan fingerprint density at radius 1 is 0.846 bits per heavy atom. The minimum Gasteiger partial charge on any atom is -0.338 e. The molecule has 0 saturated heterocycles. The lowest BCUT2D eigenvalue weighted by Crippen LogP contribution is -2.00. The van der Waals surface area contributed by atoms with E-state index in [-0.39, 0.29) is 0 Å². The number of anilines is 2. The van der Waals surface area contributed by atoms with E-state index in [1.165, 1.54) is 0 Å². The Kier molecular flexibility index (Phi) is 4.81. The van der Waals surface area contributed by atoms with Crippen LogP contribution in [-0.2, 0) is 0 Å². The predicted molar refractivity (Wildman–Crippen MR) is 112 cm³/mol. The number of hydrogen-bond acceptors (Lipinski definition) is 3. The highest BCUT2D eigenvalue weighted by Crippen LogP contribution is 2.32. The third-order valence-corrected chi connectivity index (χ3v) is 4.93. The molecule has 0 aliphatic heterocycles. The van der Waals surface area contributed by atoms with E-state index in [1.54, 1.807) is 18.2 Å². The smallest absolute Gasteiger partial charge is 0.162 e. The maximum absolute atomic E-state index is 6.30. The van der Waals surface area contributed by atoms with Crippen LogP contribution in [0.25, 0.3) is 22.3 Å². The van der Waals surface area contributed by atoms with Crippen molar-refractivity contribution < 1.29 is 0 Å². The number of halogens is 3. The van der Waals surface area contributed by atoms with E-state index in [0.29, 0.717) is 27.4 Å². The number of hydrogen-bond donors (Lipinski definition) is 1. The van der Waals surface area contributed by atoms with Crippen molar-refractivity contribution in [2.75, 3.05) is 5.32 Å². The van der Waals surface area contributed by atoms with Crippen LogP contribution < -0.4 is 5.32 Å². The molecule has 4 rings (SSSR count). The third-order valence-electron chi connectivity index (χ3n) is 3.87. The van der Waals surface area contributed by atoms with Crippen molar-refractivity contribution in [2.45, 2.75) is 0 Å². The van der Waals surface area contributed by atoms with Crippen LogP contribution in [0.3, 0.4) is 0 Å². The predicted octanol–water partition coefficient (Wildman–Crippen LogP) is 7.11. The molecular weight excluding hydrogens is 433 g/mol. The molecule has 6 heteroatoms. The molecule has 3 nitrogen and oxygen atoms in total. The van der Waals surface area contributed by atoms with Gasteiger partial charge in [-0.3, -0.25) is 0 Å². The van der Waals surface area contributed by atoms with Crippen molar-refractivity contribution in [3.05, 3.63) is 81.2 Å². The molecule has 0 radical (unpaired) electrons. The maximum Gasteiger partial charge on any atom is 0.162 e. The highest BCUT2D eigenvalue weighted by atomic mass is 79.9. The summed E-state index contributed by atoms with van der Waals surface area (Å²) >= 11 is 15.9. The summed E-state index contributed by atoms with van der Waals surface area (Å²) in [6, 6.07) is 21.0. The Hall–Kier alpha value is -2.14. The second kappa shape index (κ2) is 7.23. The fourth-order valence-corrected chi connectivity index (χ4v) is 3.39. The number of benzene rings is 3. The summed E-state index contributed by atoms with van der Waals surface area (Å²) in [5.74, 6) is 1.31. The summed E-state index contributed by atoms with van der Waals surface area (Å²) in [4.78, 5) is 9.43. The van der Waals surface area contributed by atoms with E-state index in [0.717, 1.165) is 20.9 Å². The average molecular weight is 445 g/mol. The largest absolute Gasteiger partial charge is 0.338 e. The topological polar surface area (TPSA) is 37.8 Å². The first kappa shape index (κ1) is 17.3. The van der Waals surface area contributed by atoms with Gasteiger partial charge < -0.3 is 5.32 Å². The van der Waals surface area contributed by atoms with Gasteiger partial charge in [-0.05, 0) is 42.5 Å². The minimum atomic E-state index is 0.570. The second-order valence-corrected chi connectivity index (χ2v) is 7.43. The Morgan fingerprint density at radius 3 is 2.54 bits per heavy atom. The van der Waals surface area contributed by atoms with Gasteiger partial charge in [0.25, 0.3) is 0 Å². The second-order valence-electron chi connectivity index (χ2n) is 5.67. The zero-order valence-electron chi connectivity index (χ0n) is 13.4. The number of para-hydroxylation sites is 1. The molecule has 0 aliphatic rings. The summed E-state index contributed by atoms with van der Waals surface area (Å²) in [6.45, 7) is 0. The molecule has 128 valence electrons. The number of aromatic nitrogens is 2. The van der Waals surface area contributed by atoms with Gasteiger partial charge in [0.15, 0.2) is 5.82 Å². The lowest BCUT2D eigenvalue weighted by atomic mass is 10.2. The van der Waals surface area contributed by atoms with Crippen molar-refractivity contribution in [2.24, 2.45) is 0 Å². The number of nitrogens with zero attached hydrogens (tertiary/aromatic N) is 2. The average Bonchev–Trinajstić information content (AvgIpc) is 2.64. The van der Waals surface area contributed by atoms with Crippen molar-refractivity contribution in [3.8, 4) is 11.4 Å². The van der Waals surface area contributed by atoms with Crippen LogP contribution in [0.2, 0.25) is 10.0 Å². The van der Waals surface area contributed by atoms with Crippen molar-refractivity contribution in [3.63, 3.8) is 0 Å². The van der Waals surface area contributed by atoms with Crippen LogP contribution in [-0.4, -0.2) is 9.97 Å². The first-order chi connectivity index (χ1) is 12.6. The highest BCUT2D eigenvalue weighted by molar-refractivity contribution is 9.10. The molecule has 0 saturated carbocycles. The van der Waals surface area contributed by atoms with Gasteiger partial charge in [0, 0.05) is 20.4 Å². The molecule has 3 aromatic carbocycles. The van der Waals surface area contributed by atoms with Crippen molar-refractivity contribution in [1.29, 1.82) is 0 Å². The molecule has 4 aromatic rings. The highest BCUT2D eigenvalue weighted by Gasteiger charge is 2.11. The van der Waals surface area contributed by atoms with Gasteiger partial charge in [-0.15, -0.1) is 0 Å². The first-order valence-corrected chi connectivity index (χ1v) is 9.40. The van der Waals surface area contributed by atoms with Crippen LogP contribution in [0, 0.1) is 0 Å². The summed E-state index contributed by atoms with van der Waals surface area (Å²) in [5.41, 5.74) is 2.46. The van der Waals surface area contributed by atoms with E-state index in [9.17, 15) is 0 Å². The molecule has 0 atom stereocenters. The van der Waals surface area contributed by atoms with Crippen LogP contribution in [0.1, 0.15) is 0 Å². The summed E-state index contributed by atoms with van der Waals surface area (Å²) in [6.07, 6.45) is 0. The zero-order valence-corrected chi connectivity index (χ0v) is 16.5. The standard InChI is InChI=1S/C20H12BrCl2N3/c21-13-5-3-4-12(10-13)19-24-17-7-2-1-6-15(17)20(26-19)25-18-11-14(22)8-9-16(18)23/h1-11H,(H,24,25,26). The van der Waals surface area contributed by atoms with Crippen LogP contribution in [0.4, 0.5) is 11.5 Å².